The molecule has 2 atom stereocenters. The molecule has 2 unspecified atom stereocenters. The smallest absolute Gasteiger partial charge is 0.545 e. The van der Waals surface area contributed by atoms with Gasteiger partial charge >= 0.3 is 32.0 Å². The van der Waals surface area contributed by atoms with Crippen molar-refractivity contribution in [3.8, 4) is 17.0 Å². The fourth-order valence-electron chi connectivity index (χ4n) is 5.49. The molecule has 6 rings (SSSR count). The van der Waals surface area contributed by atoms with Crippen molar-refractivity contribution in [1.29, 1.82) is 0 Å². The first-order valence-corrected chi connectivity index (χ1v) is 15.3. The van der Waals surface area contributed by atoms with E-state index in [4.69, 9.17) is 19.0 Å². The summed E-state index contributed by atoms with van der Waals surface area (Å²) in [4.78, 5) is 44.1. The van der Waals surface area contributed by atoms with E-state index in [0.29, 0.717) is 52.6 Å². The van der Waals surface area contributed by atoms with Gasteiger partial charge in [0.1, 0.15) is 35.1 Å². The number of hydrogen-bond donors (Lipinski definition) is 1. The largest absolute Gasteiger partial charge is 1.00 e. The van der Waals surface area contributed by atoms with Gasteiger partial charge in [-0.2, -0.15) is 0 Å². The summed E-state index contributed by atoms with van der Waals surface area (Å²) >= 11 is 0. The molecule has 1 aromatic carbocycles. The van der Waals surface area contributed by atoms with E-state index in [1.807, 2.05) is 59.4 Å². The van der Waals surface area contributed by atoms with E-state index in [1.54, 1.807) is 25.5 Å². The second kappa shape index (κ2) is 14.9. The number of nitrogens with one attached hydrogen (secondary N) is 1. The first-order valence-electron chi connectivity index (χ1n) is 15.3. The Morgan fingerprint density at radius 1 is 0.936 bits per heavy atom. The van der Waals surface area contributed by atoms with Gasteiger partial charge < -0.3 is 29.2 Å². The van der Waals surface area contributed by atoms with Crippen molar-refractivity contribution < 1.29 is 52.8 Å². The number of benzene rings is 1. The molecule has 1 N–H and O–H groups in total. The van der Waals surface area contributed by atoms with Crippen molar-refractivity contribution >= 4 is 41.3 Å². The quantitative estimate of drug-likeness (QED) is 0.228. The van der Waals surface area contributed by atoms with Crippen LogP contribution in [-0.2, 0) is 34.1 Å². The summed E-state index contributed by atoms with van der Waals surface area (Å²) in [7, 11) is 1.78. The second-order valence-electron chi connectivity index (χ2n) is 13.6. The van der Waals surface area contributed by atoms with Crippen LogP contribution in [0.15, 0.2) is 30.6 Å². The molecule has 1 saturated carbocycles. The summed E-state index contributed by atoms with van der Waals surface area (Å²) in [5, 5.41) is 4.53. The number of amides is 2. The van der Waals surface area contributed by atoms with Gasteiger partial charge in [-0.3, -0.25) is 11.7 Å². The molecule has 2 fully saturated rings. The molecule has 2 aromatic heterocycles. The number of rotatable bonds is 2. The molecule has 47 heavy (non-hydrogen) atoms. The van der Waals surface area contributed by atoms with Crippen molar-refractivity contribution in [2.45, 2.75) is 66.1 Å². The average Bonchev–Trinajstić information content (AvgIpc) is 3.60. The van der Waals surface area contributed by atoms with Crippen molar-refractivity contribution in [2.75, 3.05) is 43.5 Å². The molecule has 3 aromatic rings. The van der Waals surface area contributed by atoms with E-state index in [-0.39, 0.29) is 31.5 Å². The third-order valence-corrected chi connectivity index (χ3v) is 7.69. The van der Waals surface area contributed by atoms with Crippen molar-refractivity contribution in [3.63, 3.8) is 0 Å². The zero-order valence-corrected chi connectivity index (χ0v) is 30.7. The number of ether oxygens (including phenoxy) is 3. The van der Waals surface area contributed by atoms with E-state index < -0.39 is 17.5 Å². The summed E-state index contributed by atoms with van der Waals surface area (Å²) in [5.41, 5.74) is 1.17. The molecule has 0 bridgehead atoms. The fourth-order valence-corrected chi connectivity index (χ4v) is 5.49. The van der Waals surface area contributed by atoms with Crippen LogP contribution < -0.4 is 15.0 Å². The number of nitrogens with zero attached hydrogens (tertiary/aromatic N) is 4. The molecule has 1 saturated heterocycles. The first kappa shape index (κ1) is 37.6. The van der Waals surface area contributed by atoms with Crippen molar-refractivity contribution in [2.24, 2.45) is 11.8 Å². The third kappa shape index (κ3) is 9.16. The zero-order chi connectivity index (χ0) is 34.0. The molecule has 255 valence electrons. The van der Waals surface area contributed by atoms with E-state index >= 15 is 4.39 Å². The van der Waals surface area contributed by atoms with Gasteiger partial charge in [0.25, 0.3) is 0 Å². The molecule has 2 aliphatic heterocycles. The third-order valence-electron chi connectivity index (χ3n) is 7.69. The van der Waals surface area contributed by atoms with Crippen molar-refractivity contribution in [3.05, 3.63) is 42.0 Å². The number of aromatic nitrogens is 2. The number of likely N-dealkylation sites (tertiary alicyclic amines) is 1. The van der Waals surface area contributed by atoms with Crippen LogP contribution in [0.4, 0.5) is 25.5 Å². The molecule has 0 spiro atoms. The van der Waals surface area contributed by atoms with Gasteiger partial charge in [-0.1, -0.05) is 0 Å². The van der Waals surface area contributed by atoms with Crippen molar-refractivity contribution in [1.82, 2.24) is 14.9 Å². The maximum absolute atomic E-state index is 15.1. The fraction of sp³-hybridized carbons (Fsp3) is 0.500. The minimum atomic E-state index is -0.641. The van der Waals surface area contributed by atoms with Gasteiger partial charge in [0.2, 0.25) is 5.88 Å². The number of carbonyl (C=O) groups is 2. The van der Waals surface area contributed by atoms with Gasteiger partial charge in [0, 0.05) is 49.0 Å². The Hall–Kier alpha value is -3.84. The zero-order valence-electron chi connectivity index (χ0n) is 28.1. The topological polar surface area (TPSA) is 123 Å². The van der Waals surface area contributed by atoms with Crippen LogP contribution in [-0.4, -0.2) is 78.3 Å². The minimum absolute atomic E-state index is 0. The van der Waals surface area contributed by atoms with Crippen LogP contribution in [0.2, 0.25) is 0 Å². The molecule has 1 aliphatic carbocycles. The van der Waals surface area contributed by atoms with Crippen LogP contribution in [0.5, 0.6) is 5.88 Å². The normalized spacial score (nSPS) is 17.7. The second-order valence-corrected chi connectivity index (χ2v) is 13.6. The summed E-state index contributed by atoms with van der Waals surface area (Å²) in [5.74, 6) is 2.20. The van der Waals surface area contributed by atoms with Gasteiger partial charge in [-0.15, -0.1) is 0 Å². The summed E-state index contributed by atoms with van der Waals surface area (Å²) in [6, 6.07) is 5.08. The standard InChI is InChI=1S/C23H25FN4O3.C10H17NO2.CHO.Os/c1-13-17(16-8-14-10-19(25-5)26-11-15(14)9-18(16)24)12-27-21-20(13)28(6-7-30-21)22(29)31-23(2,3)4;1-10(2,3)13-9(12)11-5-7-4-8(7)6-11;1-2;/h8-12H,6-7H2,1-5H3,(H,25,26);7-8H,4-6H2,1-3H3;1H;/q;;-1;+1. The van der Waals surface area contributed by atoms with Crippen LogP contribution in [0.25, 0.3) is 21.9 Å². The summed E-state index contributed by atoms with van der Waals surface area (Å²) in [6.45, 7) is 18.7. The Balaban J connectivity index is 0.000000313. The number of anilines is 2. The molecular formula is C34H43FN5O6Os. The van der Waals surface area contributed by atoms with Crippen LogP contribution in [0, 0.1) is 24.6 Å². The average molecular weight is 827 g/mol. The molecule has 4 heterocycles. The van der Waals surface area contributed by atoms with Crippen LogP contribution >= 0.6 is 0 Å². The Labute approximate surface area is 288 Å². The Kier molecular flexibility index (Phi) is 11.9. The number of carbonyl (C=O) groups excluding carboxylic acids is 3. The van der Waals surface area contributed by atoms with E-state index in [1.165, 1.54) is 17.4 Å². The van der Waals surface area contributed by atoms with Gasteiger partial charge in [-0.05, 0) is 95.9 Å². The number of pyridine rings is 2. The maximum Gasteiger partial charge on any atom is 1.00 e. The predicted molar refractivity (Wildman–Crippen MR) is 174 cm³/mol. The molecule has 11 nitrogen and oxygen atoms in total. The number of piperidine rings is 1. The van der Waals surface area contributed by atoms with Gasteiger partial charge in [0.05, 0.1) is 6.54 Å². The van der Waals surface area contributed by atoms with Gasteiger partial charge in [-0.25, -0.2) is 23.9 Å². The molecule has 3 aliphatic rings. The van der Waals surface area contributed by atoms with E-state index in [2.05, 4.69) is 22.1 Å². The van der Waals surface area contributed by atoms with Gasteiger partial charge in [0.15, 0.2) is 0 Å². The molecule has 2 amide bonds. The Bertz CT molecular complexity index is 1600. The molecule has 13 heteroatoms. The predicted octanol–water partition coefficient (Wildman–Crippen LogP) is 6.52. The number of fused-ring (bicyclic) bond motifs is 3. The number of hydrogen-bond acceptors (Lipinski definition) is 9. The minimum Gasteiger partial charge on any atom is -0.545 e. The SMILES string of the molecule is CC(C)(C)OC(=O)N1CC2CC2C1.CNc1cc2cc(-c3cnc4c(c3C)N(C(=O)OC(C)(C)C)CCO4)c(F)cc2cn1.[CH-]=O.[Os+]. The molecular weight excluding hydrogens is 784 g/mol. The Morgan fingerprint density at radius 2 is 1.55 bits per heavy atom. The first-order chi connectivity index (χ1) is 21.6. The molecule has 1 radical (unpaired) electrons. The summed E-state index contributed by atoms with van der Waals surface area (Å²) in [6.07, 6.45) is 3.91. The Morgan fingerprint density at radius 3 is 2.15 bits per heavy atom. The number of halogens is 1. The van der Waals surface area contributed by atoms with Crippen LogP contribution in [0.3, 0.4) is 0 Å². The van der Waals surface area contributed by atoms with E-state index in [0.717, 1.165) is 30.3 Å². The maximum atomic E-state index is 15.1. The summed E-state index contributed by atoms with van der Waals surface area (Å²) < 4.78 is 31.6. The monoisotopic (exact) mass is 828 g/mol. The van der Waals surface area contributed by atoms with E-state index in [9.17, 15) is 9.59 Å². The van der Waals surface area contributed by atoms with Crippen LogP contribution in [0.1, 0.15) is 53.5 Å².